The number of hydrogen-bond acceptors (Lipinski definition) is 3. The minimum absolute atomic E-state index is 0. The van der Waals surface area contributed by atoms with E-state index in [1.165, 1.54) is 63.5 Å². The van der Waals surface area contributed by atoms with E-state index in [-0.39, 0.29) is 24.0 Å². The molecule has 1 aliphatic heterocycles. The number of rotatable bonds is 4. The van der Waals surface area contributed by atoms with Gasteiger partial charge in [0.05, 0.1) is 5.69 Å². The zero-order chi connectivity index (χ0) is 18.4. The highest BCUT2D eigenvalue weighted by Crippen LogP contribution is 2.42. The first kappa shape index (κ1) is 22.5. The van der Waals surface area contributed by atoms with Gasteiger partial charge in [0.25, 0.3) is 0 Å². The third kappa shape index (κ3) is 5.84. The Morgan fingerprint density at radius 2 is 1.85 bits per heavy atom. The third-order valence-corrected chi connectivity index (χ3v) is 6.26. The van der Waals surface area contributed by atoms with E-state index in [0.29, 0.717) is 5.41 Å². The number of aliphatic imine (C=N–C) groups is 1. The number of nitrogens with zero attached hydrogens (tertiary/aromatic N) is 3. The van der Waals surface area contributed by atoms with Crippen molar-refractivity contribution in [2.24, 2.45) is 10.4 Å². The van der Waals surface area contributed by atoms with Crippen LogP contribution in [0.3, 0.4) is 0 Å². The SMILES string of the molecule is CCNC(=NCCc1c(C)noc1C)N1CCCC2(CCCCCC2)C1.I. The molecule has 2 aliphatic rings. The van der Waals surface area contributed by atoms with Gasteiger partial charge in [0, 0.05) is 31.7 Å². The van der Waals surface area contributed by atoms with Gasteiger partial charge < -0.3 is 14.7 Å². The average molecular weight is 488 g/mol. The molecule has 0 atom stereocenters. The van der Waals surface area contributed by atoms with E-state index in [1.54, 1.807) is 0 Å². The first-order chi connectivity index (χ1) is 12.6. The van der Waals surface area contributed by atoms with Gasteiger partial charge in [-0.1, -0.05) is 30.8 Å². The van der Waals surface area contributed by atoms with E-state index in [2.05, 4.69) is 22.3 Å². The molecule has 5 nitrogen and oxygen atoms in total. The van der Waals surface area contributed by atoms with Gasteiger partial charge in [-0.3, -0.25) is 4.99 Å². The van der Waals surface area contributed by atoms with Crippen molar-refractivity contribution >= 4 is 29.9 Å². The van der Waals surface area contributed by atoms with Crippen LogP contribution in [0, 0.1) is 19.3 Å². The highest BCUT2D eigenvalue weighted by Gasteiger charge is 2.36. The maximum absolute atomic E-state index is 5.28. The minimum atomic E-state index is 0. The third-order valence-electron chi connectivity index (χ3n) is 6.26. The molecule has 1 spiro atoms. The maximum atomic E-state index is 5.28. The highest BCUT2D eigenvalue weighted by molar-refractivity contribution is 14.0. The summed E-state index contributed by atoms with van der Waals surface area (Å²) in [5.41, 5.74) is 2.74. The van der Waals surface area contributed by atoms with Crippen molar-refractivity contribution in [2.45, 2.75) is 78.6 Å². The lowest BCUT2D eigenvalue weighted by atomic mass is 9.74. The molecule has 154 valence electrons. The molecule has 1 aromatic heterocycles. The summed E-state index contributed by atoms with van der Waals surface area (Å²) in [5.74, 6) is 2.03. The molecule has 6 heteroatoms. The molecule has 1 aliphatic carbocycles. The van der Waals surface area contributed by atoms with Gasteiger partial charge in [0.1, 0.15) is 5.76 Å². The zero-order valence-corrected chi connectivity index (χ0v) is 19.7. The number of hydrogen-bond donors (Lipinski definition) is 1. The van der Waals surface area contributed by atoms with Crippen molar-refractivity contribution in [3.05, 3.63) is 17.0 Å². The molecule has 2 fully saturated rings. The number of likely N-dealkylation sites (tertiary alicyclic amines) is 1. The summed E-state index contributed by atoms with van der Waals surface area (Å²) >= 11 is 0. The predicted molar refractivity (Wildman–Crippen MR) is 122 cm³/mol. The maximum Gasteiger partial charge on any atom is 0.193 e. The van der Waals surface area contributed by atoms with Gasteiger partial charge in [-0.05, 0) is 58.3 Å². The Bertz CT molecular complexity index is 586. The molecule has 0 radical (unpaired) electrons. The smallest absolute Gasteiger partial charge is 0.193 e. The molecule has 0 unspecified atom stereocenters. The van der Waals surface area contributed by atoms with Crippen LogP contribution in [-0.2, 0) is 6.42 Å². The predicted octanol–water partition coefficient (Wildman–Crippen LogP) is 4.85. The lowest BCUT2D eigenvalue weighted by molar-refractivity contribution is 0.115. The molecule has 1 saturated heterocycles. The molecule has 3 rings (SSSR count). The molecule has 0 amide bonds. The monoisotopic (exact) mass is 488 g/mol. The lowest BCUT2D eigenvalue weighted by Gasteiger charge is -2.44. The van der Waals surface area contributed by atoms with Crippen molar-refractivity contribution in [3.63, 3.8) is 0 Å². The molecule has 1 N–H and O–H groups in total. The Kier molecular flexibility index (Phi) is 8.89. The lowest BCUT2D eigenvalue weighted by Crippen LogP contribution is -2.50. The number of nitrogens with one attached hydrogen (secondary N) is 1. The van der Waals surface area contributed by atoms with Crippen LogP contribution in [0.4, 0.5) is 0 Å². The van der Waals surface area contributed by atoms with Gasteiger partial charge in [-0.15, -0.1) is 24.0 Å². The Balaban J connectivity index is 0.00000261. The second-order valence-corrected chi connectivity index (χ2v) is 8.23. The zero-order valence-electron chi connectivity index (χ0n) is 17.4. The molecular formula is C21H37IN4O. The number of guanidine groups is 1. The van der Waals surface area contributed by atoms with E-state index < -0.39 is 0 Å². The van der Waals surface area contributed by atoms with Crippen molar-refractivity contribution in [3.8, 4) is 0 Å². The number of aryl methyl sites for hydroxylation is 2. The second kappa shape index (κ2) is 10.7. The molecule has 0 bridgehead atoms. The van der Waals surface area contributed by atoms with Crippen LogP contribution in [0.5, 0.6) is 0 Å². The van der Waals surface area contributed by atoms with Gasteiger partial charge >= 0.3 is 0 Å². The molecule has 1 aromatic rings. The normalized spacial score (nSPS) is 20.3. The van der Waals surface area contributed by atoms with Crippen molar-refractivity contribution < 1.29 is 4.52 Å². The van der Waals surface area contributed by atoms with Crippen LogP contribution in [-0.4, -0.2) is 42.2 Å². The van der Waals surface area contributed by atoms with E-state index in [1.807, 2.05) is 13.8 Å². The quantitative estimate of drug-likeness (QED) is 0.374. The van der Waals surface area contributed by atoms with E-state index in [0.717, 1.165) is 43.5 Å². The van der Waals surface area contributed by atoms with Crippen molar-refractivity contribution in [1.82, 2.24) is 15.4 Å². The largest absolute Gasteiger partial charge is 0.361 e. The Morgan fingerprint density at radius 3 is 2.48 bits per heavy atom. The fourth-order valence-electron chi connectivity index (χ4n) is 4.83. The number of aromatic nitrogens is 1. The summed E-state index contributed by atoms with van der Waals surface area (Å²) in [5, 5.41) is 7.59. The summed E-state index contributed by atoms with van der Waals surface area (Å²) < 4.78 is 5.28. The fourth-order valence-corrected chi connectivity index (χ4v) is 4.83. The van der Waals surface area contributed by atoms with Crippen LogP contribution in [0.15, 0.2) is 9.52 Å². The van der Waals surface area contributed by atoms with Crippen LogP contribution in [0.2, 0.25) is 0 Å². The van der Waals surface area contributed by atoms with Crippen LogP contribution >= 0.6 is 24.0 Å². The molecular weight excluding hydrogens is 451 g/mol. The molecule has 0 aromatic carbocycles. The standard InChI is InChI=1S/C21H36N4O.HI/c1-4-22-20(23-14-10-19-17(2)24-26-18(19)3)25-15-9-13-21(16-25)11-7-5-6-8-12-21;/h4-16H2,1-3H3,(H,22,23);1H. The summed E-state index contributed by atoms with van der Waals surface area (Å²) in [6, 6.07) is 0. The van der Waals surface area contributed by atoms with Gasteiger partial charge in [-0.25, -0.2) is 0 Å². The topological polar surface area (TPSA) is 53.7 Å². The van der Waals surface area contributed by atoms with Crippen molar-refractivity contribution in [1.29, 1.82) is 0 Å². The Hall–Kier alpha value is -0.790. The number of halogens is 1. The molecule has 1 saturated carbocycles. The minimum Gasteiger partial charge on any atom is -0.361 e. The van der Waals surface area contributed by atoms with E-state index in [4.69, 9.17) is 9.52 Å². The molecule has 2 heterocycles. The highest BCUT2D eigenvalue weighted by atomic mass is 127. The molecule has 27 heavy (non-hydrogen) atoms. The summed E-state index contributed by atoms with van der Waals surface area (Å²) in [4.78, 5) is 7.49. The second-order valence-electron chi connectivity index (χ2n) is 8.23. The number of piperidine rings is 1. The van der Waals surface area contributed by atoms with E-state index >= 15 is 0 Å². The van der Waals surface area contributed by atoms with Gasteiger partial charge in [-0.2, -0.15) is 0 Å². The van der Waals surface area contributed by atoms with Crippen LogP contribution < -0.4 is 5.32 Å². The van der Waals surface area contributed by atoms with Crippen molar-refractivity contribution in [2.75, 3.05) is 26.2 Å². The summed E-state index contributed by atoms with van der Waals surface area (Å²) in [6.45, 7) is 10.2. The Labute approximate surface area is 181 Å². The van der Waals surface area contributed by atoms with Gasteiger partial charge in [0.15, 0.2) is 5.96 Å². The summed E-state index contributed by atoms with van der Waals surface area (Å²) in [7, 11) is 0. The van der Waals surface area contributed by atoms with Crippen LogP contribution in [0.25, 0.3) is 0 Å². The average Bonchev–Trinajstić information content (AvgIpc) is 2.83. The Morgan fingerprint density at radius 1 is 1.15 bits per heavy atom. The fraction of sp³-hybridized carbons (Fsp3) is 0.810. The van der Waals surface area contributed by atoms with Crippen LogP contribution in [0.1, 0.15) is 75.3 Å². The first-order valence-electron chi connectivity index (χ1n) is 10.6. The summed E-state index contributed by atoms with van der Waals surface area (Å²) in [6.07, 6.45) is 12.1. The first-order valence-corrected chi connectivity index (χ1v) is 10.6. The van der Waals surface area contributed by atoms with E-state index in [9.17, 15) is 0 Å². The van der Waals surface area contributed by atoms with Gasteiger partial charge in [0.2, 0.25) is 0 Å².